The third-order valence-corrected chi connectivity index (χ3v) is 2.85. The van der Waals surface area contributed by atoms with Gasteiger partial charge in [-0.05, 0) is 6.42 Å². The average Bonchev–Trinajstić information content (AvgIpc) is 2.34. The Morgan fingerprint density at radius 2 is 1.82 bits per heavy atom. The van der Waals surface area contributed by atoms with Gasteiger partial charge in [0, 0.05) is 6.61 Å². The van der Waals surface area contributed by atoms with Crippen LogP contribution in [0.25, 0.3) is 0 Å². The molecule has 0 saturated carbocycles. The number of aliphatic hydroxyl groups excluding tert-OH is 4. The maximum atomic E-state index is 9.76. The molecular weight excluding hydrogens is 227 g/mol. The SMILES string of the molecule is [B]CCCOC1O[C@H](CO)[C@@H](O)[C@H](O)[C@H]1CO. The molecule has 0 aromatic heterocycles. The molecule has 1 unspecified atom stereocenters. The zero-order chi connectivity index (χ0) is 12.8. The van der Waals surface area contributed by atoms with Gasteiger partial charge >= 0.3 is 0 Å². The van der Waals surface area contributed by atoms with Crippen molar-refractivity contribution in [3.05, 3.63) is 0 Å². The molecule has 1 fully saturated rings. The van der Waals surface area contributed by atoms with Crippen LogP contribution in [0.3, 0.4) is 0 Å². The predicted molar refractivity (Wildman–Crippen MR) is 59.5 cm³/mol. The van der Waals surface area contributed by atoms with Crippen LogP contribution in [0.4, 0.5) is 0 Å². The molecule has 5 atom stereocenters. The maximum absolute atomic E-state index is 9.76. The first-order chi connectivity index (χ1) is 8.15. The number of rotatable bonds is 6. The van der Waals surface area contributed by atoms with Crippen molar-refractivity contribution in [3.8, 4) is 0 Å². The standard InChI is InChI=1S/C10H19BO6/c11-2-1-3-16-10-6(4-12)8(14)9(15)7(5-13)17-10/h6-10,12-15H,1-5H2/t6-,7-,8-,9-,10?/m1/s1. The zero-order valence-corrected chi connectivity index (χ0v) is 9.60. The molecule has 0 amide bonds. The van der Waals surface area contributed by atoms with E-state index in [1.165, 1.54) is 0 Å². The molecule has 6 nitrogen and oxygen atoms in total. The van der Waals surface area contributed by atoms with Crippen LogP contribution in [-0.4, -0.2) is 72.7 Å². The van der Waals surface area contributed by atoms with Gasteiger partial charge in [0.25, 0.3) is 0 Å². The third-order valence-electron chi connectivity index (χ3n) is 2.85. The highest BCUT2D eigenvalue weighted by atomic mass is 16.7. The largest absolute Gasteiger partial charge is 0.396 e. The molecular formula is C10H19BO6. The van der Waals surface area contributed by atoms with Crippen molar-refractivity contribution < 1.29 is 29.9 Å². The summed E-state index contributed by atoms with van der Waals surface area (Å²) in [6, 6.07) is 0. The molecule has 0 spiro atoms. The normalized spacial score (nSPS) is 38.2. The van der Waals surface area contributed by atoms with Crippen molar-refractivity contribution in [1.29, 1.82) is 0 Å². The van der Waals surface area contributed by atoms with Crippen LogP contribution in [0.15, 0.2) is 0 Å². The molecule has 1 aliphatic heterocycles. The Morgan fingerprint density at radius 3 is 2.35 bits per heavy atom. The van der Waals surface area contributed by atoms with Crippen LogP contribution < -0.4 is 0 Å². The molecule has 1 rings (SSSR count). The van der Waals surface area contributed by atoms with E-state index in [-0.39, 0.29) is 6.61 Å². The minimum Gasteiger partial charge on any atom is -0.396 e. The van der Waals surface area contributed by atoms with Crippen molar-refractivity contribution in [2.24, 2.45) is 5.92 Å². The minimum atomic E-state index is -1.23. The van der Waals surface area contributed by atoms with E-state index in [1.54, 1.807) is 0 Å². The molecule has 0 bridgehead atoms. The topological polar surface area (TPSA) is 99.4 Å². The van der Waals surface area contributed by atoms with E-state index in [2.05, 4.69) is 0 Å². The van der Waals surface area contributed by atoms with Gasteiger partial charge in [0.15, 0.2) is 6.29 Å². The maximum Gasteiger partial charge on any atom is 0.165 e. The summed E-state index contributed by atoms with van der Waals surface area (Å²) in [5.74, 6) is -0.731. The fraction of sp³-hybridized carbons (Fsp3) is 1.00. The molecule has 0 aromatic rings. The lowest BCUT2D eigenvalue weighted by molar-refractivity contribution is -0.290. The van der Waals surface area contributed by atoms with E-state index in [1.807, 2.05) is 0 Å². The van der Waals surface area contributed by atoms with Crippen molar-refractivity contribution >= 4 is 7.85 Å². The minimum absolute atomic E-state index is 0.332. The van der Waals surface area contributed by atoms with Gasteiger partial charge in [-0.3, -0.25) is 0 Å². The van der Waals surface area contributed by atoms with Gasteiger partial charge in [-0.25, -0.2) is 0 Å². The first-order valence-corrected chi connectivity index (χ1v) is 5.70. The number of aliphatic hydroxyl groups is 4. The van der Waals surface area contributed by atoms with Crippen molar-refractivity contribution in [3.63, 3.8) is 0 Å². The lowest BCUT2D eigenvalue weighted by atomic mass is 9.91. The Labute approximate surface area is 102 Å². The van der Waals surface area contributed by atoms with E-state index >= 15 is 0 Å². The summed E-state index contributed by atoms with van der Waals surface area (Å²) in [4.78, 5) is 0. The number of hydrogen-bond donors (Lipinski definition) is 4. The highest BCUT2D eigenvalue weighted by Crippen LogP contribution is 2.26. The summed E-state index contributed by atoms with van der Waals surface area (Å²) in [6.07, 6.45) is -3.08. The first kappa shape index (κ1) is 14.9. The van der Waals surface area contributed by atoms with Crippen LogP contribution in [0.2, 0.25) is 6.32 Å². The Morgan fingerprint density at radius 1 is 1.12 bits per heavy atom. The van der Waals surface area contributed by atoms with Gasteiger partial charge in [0.05, 0.1) is 33.1 Å². The quantitative estimate of drug-likeness (QED) is 0.320. The van der Waals surface area contributed by atoms with Gasteiger partial charge < -0.3 is 29.9 Å². The van der Waals surface area contributed by atoms with Crippen LogP contribution in [0.1, 0.15) is 6.42 Å². The van der Waals surface area contributed by atoms with Gasteiger partial charge in [-0.2, -0.15) is 0 Å². The zero-order valence-electron chi connectivity index (χ0n) is 9.60. The monoisotopic (exact) mass is 246 g/mol. The van der Waals surface area contributed by atoms with Crippen LogP contribution >= 0.6 is 0 Å². The molecule has 17 heavy (non-hydrogen) atoms. The van der Waals surface area contributed by atoms with Crippen molar-refractivity contribution in [2.75, 3.05) is 19.8 Å². The molecule has 98 valence electrons. The summed E-state index contributed by atoms with van der Waals surface area (Å²) in [5, 5.41) is 37.5. The van der Waals surface area contributed by atoms with Gasteiger partial charge in [-0.1, -0.05) is 6.32 Å². The molecule has 1 saturated heterocycles. The Hall–Kier alpha value is -0.175. The molecule has 7 heteroatoms. The van der Waals surface area contributed by atoms with Crippen LogP contribution in [0.5, 0.6) is 0 Å². The number of hydrogen-bond acceptors (Lipinski definition) is 6. The van der Waals surface area contributed by atoms with Crippen LogP contribution in [0, 0.1) is 5.92 Å². The lowest BCUT2D eigenvalue weighted by Crippen LogP contribution is -2.57. The van der Waals surface area contributed by atoms with Gasteiger partial charge in [0.2, 0.25) is 0 Å². The highest BCUT2D eigenvalue weighted by Gasteiger charge is 2.44. The molecule has 1 aliphatic rings. The average molecular weight is 246 g/mol. The number of ether oxygens (including phenoxy) is 2. The smallest absolute Gasteiger partial charge is 0.165 e. The van der Waals surface area contributed by atoms with E-state index in [0.717, 1.165) is 0 Å². The summed E-state index contributed by atoms with van der Waals surface area (Å²) >= 11 is 0. The molecule has 0 aromatic carbocycles. The second-order valence-electron chi connectivity index (χ2n) is 4.07. The predicted octanol–water partition coefficient (Wildman–Crippen LogP) is -1.97. The third kappa shape index (κ3) is 3.64. The lowest BCUT2D eigenvalue weighted by Gasteiger charge is -2.41. The second kappa shape index (κ2) is 7.30. The van der Waals surface area contributed by atoms with Crippen LogP contribution in [-0.2, 0) is 9.47 Å². The molecule has 2 radical (unpaired) electrons. The molecule has 1 heterocycles. The summed E-state index contributed by atoms with van der Waals surface area (Å²) < 4.78 is 10.6. The van der Waals surface area contributed by atoms with E-state index in [0.29, 0.717) is 19.3 Å². The fourth-order valence-electron chi connectivity index (χ4n) is 1.78. The summed E-state index contributed by atoms with van der Waals surface area (Å²) in [5.41, 5.74) is 0. The van der Waals surface area contributed by atoms with Gasteiger partial charge in [-0.15, -0.1) is 0 Å². The van der Waals surface area contributed by atoms with E-state index in [4.69, 9.17) is 27.5 Å². The second-order valence-corrected chi connectivity index (χ2v) is 4.07. The van der Waals surface area contributed by atoms with Crippen molar-refractivity contribution in [2.45, 2.75) is 37.3 Å². The Balaban J connectivity index is 2.59. The van der Waals surface area contributed by atoms with E-state index < -0.39 is 37.1 Å². The van der Waals surface area contributed by atoms with E-state index in [9.17, 15) is 10.2 Å². The Kier molecular flexibility index (Phi) is 6.39. The molecule has 0 aliphatic carbocycles. The molecule has 4 N–H and O–H groups in total. The first-order valence-electron chi connectivity index (χ1n) is 5.70. The fourth-order valence-corrected chi connectivity index (χ4v) is 1.78. The summed E-state index contributed by atoms with van der Waals surface area (Å²) in [6.45, 7) is -0.463. The summed E-state index contributed by atoms with van der Waals surface area (Å²) in [7, 11) is 5.31. The Bertz CT molecular complexity index is 217. The highest BCUT2D eigenvalue weighted by molar-refractivity contribution is 6.08. The van der Waals surface area contributed by atoms with Gasteiger partial charge in [0.1, 0.15) is 12.2 Å². The van der Waals surface area contributed by atoms with Crippen molar-refractivity contribution in [1.82, 2.24) is 0 Å².